The molecule has 1 aliphatic heterocycles. The van der Waals surface area contributed by atoms with Gasteiger partial charge in [0.1, 0.15) is 0 Å². The second-order valence-corrected chi connectivity index (χ2v) is 4.36. The van der Waals surface area contributed by atoms with E-state index in [1.165, 1.54) is 6.26 Å². The van der Waals surface area contributed by atoms with Crippen molar-refractivity contribution >= 4 is 11.9 Å². The summed E-state index contributed by atoms with van der Waals surface area (Å²) in [5, 5.41) is 8.96. The van der Waals surface area contributed by atoms with Crippen LogP contribution in [-0.4, -0.2) is 35.0 Å². The highest BCUT2D eigenvalue weighted by Gasteiger charge is 2.30. The van der Waals surface area contributed by atoms with Gasteiger partial charge in [-0.15, -0.1) is 0 Å². The highest BCUT2D eigenvalue weighted by Crippen LogP contribution is 2.20. The van der Waals surface area contributed by atoms with E-state index in [9.17, 15) is 9.59 Å². The van der Waals surface area contributed by atoms with Crippen LogP contribution in [0.25, 0.3) is 0 Å². The van der Waals surface area contributed by atoms with E-state index in [0.717, 1.165) is 12.0 Å². The third-order valence-electron chi connectivity index (χ3n) is 3.11. The Hall–Kier alpha value is -1.78. The first kappa shape index (κ1) is 11.7. The van der Waals surface area contributed by atoms with Crippen molar-refractivity contribution in [2.24, 2.45) is 5.92 Å². The molecule has 0 unspecified atom stereocenters. The van der Waals surface area contributed by atoms with Crippen LogP contribution in [0.2, 0.25) is 0 Å². The second kappa shape index (κ2) is 4.61. The number of rotatable bonds is 2. The van der Waals surface area contributed by atoms with E-state index < -0.39 is 11.9 Å². The Morgan fingerprint density at radius 1 is 1.53 bits per heavy atom. The average Bonchev–Trinajstić information content (AvgIpc) is 2.74. The summed E-state index contributed by atoms with van der Waals surface area (Å²) in [5.74, 6) is -1.18. The van der Waals surface area contributed by atoms with Gasteiger partial charge in [-0.2, -0.15) is 0 Å². The third-order valence-corrected chi connectivity index (χ3v) is 3.11. The molecule has 17 heavy (non-hydrogen) atoms. The van der Waals surface area contributed by atoms with Gasteiger partial charge in [0.25, 0.3) is 5.91 Å². The third kappa shape index (κ3) is 2.33. The van der Waals surface area contributed by atoms with Crippen molar-refractivity contribution in [2.45, 2.75) is 19.8 Å². The van der Waals surface area contributed by atoms with Crippen molar-refractivity contribution in [3.63, 3.8) is 0 Å². The first-order valence-corrected chi connectivity index (χ1v) is 5.65. The van der Waals surface area contributed by atoms with Gasteiger partial charge in [-0.05, 0) is 25.8 Å². The van der Waals surface area contributed by atoms with E-state index in [1.54, 1.807) is 17.9 Å². The molecule has 2 rings (SSSR count). The monoisotopic (exact) mass is 237 g/mol. The normalized spacial score (nSPS) is 20.3. The lowest BCUT2D eigenvalue weighted by atomic mass is 9.98. The largest absolute Gasteiger partial charge is 0.481 e. The summed E-state index contributed by atoms with van der Waals surface area (Å²) in [7, 11) is 0. The van der Waals surface area contributed by atoms with Crippen LogP contribution in [0.1, 0.15) is 29.0 Å². The van der Waals surface area contributed by atoms with Crippen molar-refractivity contribution in [2.75, 3.05) is 13.1 Å². The maximum Gasteiger partial charge on any atom is 0.308 e. The van der Waals surface area contributed by atoms with Crippen molar-refractivity contribution < 1.29 is 19.1 Å². The van der Waals surface area contributed by atoms with Crippen molar-refractivity contribution in [1.82, 2.24) is 4.90 Å². The molecule has 2 heterocycles. The fourth-order valence-electron chi connectivity index (χ4n) is 2.10. The minimum absolute atomic E-state index is 0.210. The van der Waals surface area contributed by atoms with Gasteiger partial charge in [0.05, 0.1) is 12.2 Å². The maximum atomic E-state index is 12.1. The zero-order valence-corrected chi connectivity index (χ0v) is 9.68. The molecule has 0 bridgehead atoms. The zero-order valence-electron chi connectivity index (χ0n) is 9.68. The molecular formula is C12H15NO4. The van der Waals surface area contributed by atoms with E-state index in [2.05, 4.69) is 0 Å². The molecule has 0 aromatic carbocycles. The van der Waals surface area contributed by atoms with Crippen molar-refractivity contribution in [3.05, 3.63) is 23.7 Å². The lowest BCUT2D eigenvalue weighted by molar-refractivity contribution is -0.143. The molecule has 0 radical (unpaired) electrons. The van der Waals surface area contributed by atoms with Crippen LogP contribution in [0.15, 0.2) is 16.7 Å². The fraction of sp³-hybridized carbons (Fsp3) is 0.500. The molecule has 5 nitrogen and oxygen atoms in total. The lowest BCUT2D eigenvalue weighted by Crippen LogP contribution is -2.42. The molecule has 1 fully saturated rings. The number of carbonyl (C=O) groups excluding carboxylic acids is 1. The van der Waals surface area contributed by atoms with Crippen LogP contribution in [0.3, 0.4) is 0 Å². The molecule has 0 saturated carbocycles. The number of carboxylic acids is 1. The molecule has 0 aliphatic carbocycles. The molecule has 5 heteroatoms. The molecular weight excluding hydrogens is 222 g/mol. The Labute approximate surface area is 99.0 Å². The summed E-state index contributed by atoms with van der Waals surface area (Å²) >= 11 is 0. The fourth-order valence-corrected chi connectivity index (χ4v) is 2.10. The number of amides is 1. The number of aliphatic carboxylic acids is 1. The van der Waals surface area contributed by atoms with Crippen LogP contribution in [-0.2, 0) is 4.79 Å². The first-order chi connectivity index (χ1) is 8.09. The summed E-state index contributed by atoms with van der Waals surface area (Å²) in [6, 6.07) is 1.73. The molecule has 1 aliphatic rings. The molecule has 1 N–H and O–H groups in total. The molecule has 1 saturated heterocycles. The lowest BCUT2D eigenvalue weighted by Gasteiger charge is -2.30. The van der Waals surface area contributed by atoms with Gasteiger partial charge in [0.2, 0.25) is 0 Å². The minimum atomic E-state index is -0.835. The number of hydrogen-bond donors (Lipinski definition) is 1. The van der Waals surface area contributed by atoms with Crippen LogP contribution < -0.4 is 0 Å². The topological polar surface area (TPSA) is 70.8 Å². The van der Waals surface area contributed by atoms with Gasteiger partial charge in [-0.1, -0.05) is 0 Å². The number of likely N-dealkylation sites (tertiary alicyclic amines) is 1. The highest BCUT2D eigenvalue weighted by molar-refractivity contribution is 5.93. The van der Waals surface area contributed by atoms with Crippen molar-refractivity contribution in [3.8, 4) is 0 Å². The number of piperidine rings is 1. The van der Waals surface area contributed by atoms with Gasteiger partial charge in [-0.25, -0.2) is 0 Å². The molecule has 1 aromatic heterocycles. The summed E-state index contributed by atoms with van der Waals surface area (Å²) < 4.78 is 5.14. The Morgan fingerprint density at radius 3 is 2.88 bits per heavy atom. The first-order valence-electron chi connectivity index (χ1n) is 5.65. The number of aryl methyl sites for hydroxylation is 1. The molecule has 0 spiro atoms. The maximum absolute atomic E-state index is 12.1. The summed E-state index contributed by atoms with van der Waals surface area (Å²) in [4.78, 5) is 24.6. The van der Waals surface area contributed by atoms with E-state index in [4.69, 9.17) is 9.52 Å². The number of nitrogens with zero attached hydrogens (tertiary/aromatic N) is 1. The van der Waals surface area contributed by atoms with Crippen LogP contribution in [0.5, 0.6) is 0 Å². The summed E-state index contributed by atoms with van der Waals surface area (Å²) in [5.41, 5.74) is 0.785. The van der Waals surface area contributed by atoms with Gasteiger partial charge >= 0.3 is 5.97 Å². The number of carboxylic acid groups (broad SMARTS) is 1. The van der Waals surface area contributed by atoms with Gasteiger partial charge in [-0.3, -0.25) is 9.59 Å². The van der Waals surface area contributed by atoms with Crippen LogP contribution >= 0.6 is 0 Å². The number of hydrogen-bond acceptors (Lipinski definition) is 3. The zero-order chi connectivity index (χ0) is 12.4. The van der Waals surface area contributed by atoms with Crippen LogP contribution in [0, 0.1) is 12.8 Å². The summed E-state index contributed by atoms with van der Waals surface area (Å²) in [6.45, 7) is 2.67. The summed E-state index contributed by atoms with van der Waals surface area (Å²) in [6.07, 6.45) is 2.83. The van der Waals surface area contributed by atoms with Gasteiger partial charge in [0.15, 0.2) is 5.76 Å². The van der Waals surface area contributed by atoms with E-state index in [-0.39, 0.29) is 12.5 Å². The Balaban J connectivity index is 2.10. The molecule has 1 atom stereocenters. The average molecular weight is 237 g/mol. The quantitative estimate of drug-likeness (QED) is 0.846. The Morgan fingerprint density at radius 2 is 2.29 bits per heavy atom. The molecule has 1 amide bonds. The van der Waals surface area contributed by atoms with E-state index in [1.807, 2.05) is 0 Å². The number of furan rings is 1. The predicted molar refractivity (Wildman–Crippen MR) is 59.7 cm³/mol. The second-order valence-electron chi connectivity index (χ2n) is 4.36. The van der Waals surface area contributed by atoms with Crippen molar-refractivity contribution in [1.29, 1.82) is 0 Å². The van der Waals surface area contributed by atoms with E-state index in [0.29, 0.717) is 18.7 Å². The molecule has 92 valence electrons. The Kier molecular flexibility index (Phi) is 3.17. The standard InChI is InChI=1S/C12H15NO4/c1-8-4-6-17-10(8)11(14)13-5-2-3-9(7-13)12(15)16/h4,6,9H,2-3,5,7H2,1H3,(H,15,16)/t9-/m1/s1. The minimum Gasteiger partial charge on any atom is -0.481 e. The van der Waals surface area contributed by atoms with E-state index >= 15 is 0 Å². The van der Waals surface area contributed by atoms with Gasteiger partial charge < -0.3 is 14.4 Å². The van der Waals surface area contributed by atoms with Gasteiger partial charge in [0, 0.05) is 18.7 Å². The SMILES string of the molecule is Cc1ccoc1C(=O)N1CCC[C@@H](C(=O)O)C1. The Bertz CT molecular complexity index is 437. The predicted octanol–water partition coefficient (Wildman–Crippen LogP) is 1.52. The smallest absolute Gasteiger partial charge is 0.308 e. The molecule has 1 aromatic rings. The highest BCUT2D eigenvalue weighted by atomic mass is 16.4. The number of carbonyl (C=O) groups is 2. The van der Waals surface area contributed by atoms with Crippen LogP contribution in [0.4, 0.5) is 0 Å².